The van der Waals surface area contributed by atoms with E-state index in [0.29, 0.717) is 23.6 Å². The molecule has 6 nitrogen and oxygen atoms in total. The molecule has 1 N–H and O–H groups in total. The van der Waals surface area contributed by atoms with Gasteiger partial charge in [0.2, 0.25) is 0 Å². The topological polar surface area (TPSA) is 76.1 Å². The quantitative estimate of drug-likeness (QED) is 0.214. The van der Waals surface area contributed by atoms with E-state index in [2.05, 4.69) is 20.8 Å². The molecule has 198 valence electrons. The average molecular weight is 514 g/mol. The largest absolute Gasteiger partial charge is 0.507 e. The van der Waals surface area contributed by atoms with Crippen molar-refractivity contribution in [2.24, 2.45) is 0 Å². The number of ketones is 1. The number of aliphatic hydroxyl groups is 1. The second-order valence-corrected chi connectivity index (χ2v) is 10.6. The van der Waals surface area contributed by atoms with Crippen LogP contribution in [-0.2, 0) is 15.0 Å². The van der Waals surface area contributed by atoms with Crippen LogP contribution in [0.25, 0.3) is 5.76 Å². The summed E-state index contributed by atoms with van der Waals surface area (Å²) in [4.78, 5) is 28.4. The van der Waals surface area contributed by atoms with Gasteiger partial charge in [-0.1, -0.05) is 51.1 Å². The number of aliphatic hydroxyl groups excluding tert-OH is 1. The second-order valence-electron chi connectivity index (χ2n) is 10.6. The predicted octanol–water partition coefficient (Wildman–Crippen LogP) is 6.80. The summed E-state index contributed by atoms with van der Waals surface area (Å²) in [6.07, 6.45) is 0.00602. The maximum absolute atomic E-state index is 13.5. The first kappa shape index (κ1) is 27.0. The number of anilines is 1. The van der Waals surface area contributed by atoms with E-state index in [4.69, 9.17) is 9.47 Å². The Morgan fingerprint density at radius 2 is 1.63 bits per heavy atom. The number of hydrogen-bond donors (Lipinski definition) is 1. The highest BCUT2D eigenvalue weighted by Crippen LogP contribution is 2.43. The van der Waals surface area contributed by atoms with Crippen molar-refractivity contribution in [3.05, 3.63) is 95.1 Å². The zero-order valence-corrected chi connectivity index (χ0v) is 22.8. The second kappa shape index (κ2) is 10.7. The summed E-state index contributed by atoms with van der Waals surface area (Å²) in [5.41, 5.74) is 2.39. The maximum Gasteiger partial charge on any atom is 0.300 e. The Morgan fingerprint density at radius 3 is 2.21 bits per heavy atom. The summed E-state index contributed by atoms with van der Waals surface area (Å²) in [7, 11) is 0. The van der Waals surface area contributed by atoms with E-state index in [0.717, 1.165) is 16.9 Å². The van der Waals surface area contributed by atoms with E-state index in [1.165, 1.54) is 4.90 Å². The molecule has 3 aromatic rings. The maximum atomic E-state index is 13.5. The Kier molecular flexibility index (Phi) is 7.63. The Bertz CT molecular complexity index is 1350. The van der Waals surface area contributed by atoms with Crippen molar-refractivity contribution in [3.8, 4) is 11.5 Å². The van der Waals surface area contributed by atoms with Gasteiger partial charge in [0.15, 0.2) is 0 Å². The van der Waals surface area contributed by atoms with Crippen LogP contribution in [-0.4, -0.2) is 29.5 Å². The Morgan fingerprint density at radius 1 is 0.974 bits per heavy atom. The lowest BCUT2D eigenvalue weighted by molar-refractivity contribution is -0.132. The normalized spacial score (nSPS) is 17.2. The van der Waals surface area contributed by atoms with Gasteiger partial charge >= 0.3 is 0 Å². The van der Waals surface area contributed by atoms with Crippen LogP contribution in [0.3, 0.4) is 0 Å². The summed E-state index contributed by atoms with van der Waals surface area (Å²) in [5.74, 6) is -0.251. The lowest BCUT2D eigenvalue weighted by atomic mass is 9.84. The van der Waals surface area contributed by atoms with E-state index in [9.17, 15) is 14.7 Å². The highest BCUT2D eigenvalue weighted by molar-refractivity contribution is 6.51. The Balaban J connectivity index is 1.88. The Labute approximate surface area is 224 Å². The predicted molar refractivity (Wildman–Crippen MR) is 150 cm³/mol. The van der Waals surface area contributed by atoms with Crippen LogP contribution < -0.4 is 14.4 Å². The number of Topliss-reactive ketones (excluding diaryl/α,β-unsaturated/α-hetero) is 1. The molecule has 1 heterocycles. The van der Waals surface area contributed by atoms with Crippen molar-refractivity contribution in [2.45, 2.75) is 59.1 Å². The van der Waals surface area contributed by atoms with Gasteiger partial charge in [0.1, 0.15) is 17.3 Å². The third kappa shape index (κ3) is 5.30. The van der Waals surface area contributed by atoms with Gasteiger partial charge in [0.25, 0.3) is 11.7 Å². The SMILES string of the molecule is CCOc1ccc(/C(O)=C2/C(=O)C(=O)N(c3ccc(OC(C)C)cc3)C2c2ccccc2)cc1C(C)(C)C. The van der Waals surface area contributed by atoms with E-state index < -0.39 is 17.7 Å². The van der Waals surface area contributed by atoms with Crippen molar-refractivity contribution < 1.29 is 24.2 Å². The van der Waals surface area contributed by atoms with Gasteiger partial charge in [-0.05, 0) is 74.2 Å². The molecule has 1 amide bonds. The molecule has 4 rings (SSSR count). The van der Waals surface area contributed by atoms with Crippen molar-refractivity contribution in [3.63, 3.8) is 0 Å². The molecule has 0 bridgehead atoms. The minimum absolute atomic E-state index is 0.00602. The number of rotatable bonds is 7. The molecule has 1 saturated heterocycles. The molecule has 0 radical (unpaired) electrons. The standard InChI is InChI=1S/C32H35NO5/c1-7-37-26-18-13-22(19-25(26)32(4,5)6)29(34)27-28(21-11-9-8-10-12-21)33(31(36)30(27)35)23-14-16-24(17-15-23)38-20(2)3/h8-20,28,34H,7H2,1-6H3/b29-27-. The van der Waals surface area contributed by atoms with Crippen LogP contribution in [0.5, 0.6) is 11.5 Å². The van der Waals surface area contributed by atoms with Gasteiger partial charge in [-0.15, -0.1) is 0 Å². The van der Waals surface area contributed by atoms with Gasteiger partial charge < -0.3 is 14.6 Å². The van der Waals surface area contributed by atoms with Gasteiger partial charge in [-0.2, -0.15) is 0 Å². The van der Waals surface area contributed by atoms with Crippen molar-refractivity contribution in [1.29, 1.82) is 0 Å². The molecule has 0 aromatic heterocycles. The molecule has 6 heteroatoms. The monoisotopic (exact) mass is 513 g/mol. The molecule has 1 aliphatic rings. The smallest absolute Gasteiger partial charge is 0.300 e. The zero-order valence-electron chi connectivity index (χ0n) is 22.8. The van der Waals surface area contributed by atoms with Gasteiger partial charge in [-0.25, -0.2) is 0 Å². The van der Waals surface area contributed by atoms with Gasteiger partial charge in [0.05, 0.1) is 24.3 Å². The molecule has 1 unspecified atom stereocenters. The van der Waals surface area contributed by atoms with E-state index in [1.807, 2.05) is 57.2 Å². The molecule has 1 atom stereocenters. The molecule has 38 heavy (non-hydrogen) atoms. The lowest BCUT2D eigenvalue weighted by Gasteiger charge is -2.26. The number of carbonyl (C=O) groups excluding carboxylic acids is 2. The number of ether oxygens (including phenoxy) is 2. The third-order valence-electron chi connectivity index (χ3n) is 6.41. The van der Waals surface area contributed by atoms with Gasteiger partial charge in [-0.3, -0.25) is 14.5 Å². The van der Waals surface area contributed by atoms with E-state index in [1.54, 1.807) is 36.4 Å². The molecule has 1 fully saturated rings. The van der Waals surface area contributed by atoms with E-state index >= 15 is 0 Å². The fourth-order valence-corrected chi connectivity index (χ4v) is 4.71. The van der Waals surface area contributed by atoms with Crippen LogP contribution in [0.4, 0.5) is 5.69 Å². The first-order valence-electron chi connectivity index (χ1n) is 12.9. The van der Waals surface area contributed by atoms with Crippen LogP contribution in [0, 0.1) is 0 Å². The summed E-state index contributed by atoms with van der Waals surface area (Å²) >= 11 is 0. The molecule has 0 spiro atoms. The number of carbonyl (C=O) groups is 2. The van der Waals surface area contributed by atoms with Crippen molar-refractivity contribution >= 4 is 23.1 Å². The highest BCUT2D eigenvalue weighted by atomic mass is 16.5. The molecular weight excluding hydrogens is 478 g/mol. The fraction of sp³-hybridized carbons (Fsp3) is 0.312. The molecule has 0 saturated carbocycles. The van der Waals surface area contributed by atoms with Crippen LogP contribution >= 0.6 is 0 Å². The summed E-state index contributed by atoms with van der Waals surface area (Å²) in [6, 6.07) is 20.9. The number of benzene rings is 3. The lowest BCUT2D eigenvalue weighted by Crippen LogP contribution is -2.29. The summed E-state index contributed by atoms with van der Waals surface area (Å²) < 4.78 is 11.6. The minimum Gasteiger partial charge on any atom is -0.507 e. The average Bonchev–Trinajstić information content (AvgIpc) is 3.14. The highest BCUT2D eigenvalue weighted by Gasteiger charge is 2.47. The van der Waals surface area contributed by atoms with Crippen molar-refractivity contribution in [2.75, 3.05) is 11.5 Å². The van der Waals surface area contributed by atoms with Gasteiger partial charge in [0, 0.05) is 16.8 Å². The molecule has 3 aromatic carbocycles. The van der Waals surface area contributed by atoms with Crippen LogP contribution in [0.2, 0.25) is 0 Å². The Hall–Kier alpha value is -4.06. The zero-order chi connectivity index (χ0) is 27.6. The minimum atomic E-state index is -0.794. The molecular formula is C32H35NO5. The fourth-order valence-electron chi connectivity index (χ4n) is 4.71. The summed E-state index contributed by atoms with van der Waals surface area (Å²) in [5, 5.41) is 11.6. The van der Waals surface area contributed by atoms with Crippen molar-refractivity contribution in [1.82, 2.24) is 0 Å². The molecule has 0 aliphatic carbocycles. The first-order chi connectivity index (χ1) is 18.0. The third-order valence-corrected chi connectivity index (χ3v) is 6.41. The number of nitrogens with zero attached hydrogens (tertiary/aromatic N) is 1. The van der Waals surface area contributed by atoms with E-state index in [-0.39, 0.29) is 22.9 Å². The molecule has 1 aliphatic heterocycles. The first-order valence-corrected chi connectivity index (χ1v) is 12.9. The van der Waals surface area contributed by atoms with Crippen LogP contribution in [0.1, 0.15) is 64.3 Å². The summed E-state index contributed by atoms with van der Waals surface area (Å²) in [6.45, 7) is 12.5. The van der Waals surface area contributed by atoms with Crippen LogP contribution in [0.15, 0.2) is 78.4 Å². The number of hydrogen-bond acceptors (Lipinski definition) is 5. The number of amides is 1.